The minimum atomic E-state index is -0.107. The Labute approximate surface area is 200 Å². The van der Waals surface area contributed by atoms with Crippen LogP contribution in [0.25, 0.3) is 27.8 Å². The first-order valence-corrected chi connectivity index (χ1v) is 12.0. The molecule has 174 valence electrons. The highest BCUT2D eigenvalue weighted by Crippen LogP contribution is 2.28. The van der Waals surface area contributed by atoms with Gasteiger partial charge in [-0.15, -0.1) is 0 Å². The monoisotopic (exact) mass is 454 g/mol. The number of nitrogens with zero attached hydrogens (tertiary/aromatic N) is 3. The topological polar surface area (TPSA) is 69.0 Å². The molecule has 1 atom stereocenters. The molecule has 6 heteroatoms. The van der Waals surface area contributed by atoms with Gasteiger partial charge in [-0.2, -0.15) is 5.10 Å². The standard InChI is InChI=1S/C28H30N4O2/c1-18(2)20-10-12-21(13-11-20)32-19(3)25(17-30-32)27-15-24(23-8-4-5-9-26(23)31-27)28(33)29-16-22-7-6-14-34-22/h4-5,8-13,15,17-18,22H,6-7,14,16H2,1-3H3,(H,29,33). The number of benzene rings is 2. The van der Waals surface area contributed by atoms with Crippen LogP contribution in [0.5, 0.6) is 0 Å². The van der Waals surface area contributed by atoms with Gasteiger partial charge < -0.3 is 10.1 Å². The van der Waals surface area contributed by atoms with Crippen molar-refractivity contribution in [2.75, 3.05) is 13.2 Å². The van der Waals surface area contributed by atoms with Crippen molar-refractivity contribution in [2.45, 2.75) is 45.6 Å². The van der Waals surface area contributed by atoms with Crippen molar-refractivity contribution in [3.8, 4) is 16.9 Å². The summed E-state index contributed by atoms with van der Waals surface area (Å²) in [7, 11) is 0. The quantitative estimate of drug-likeness (QED) is 0.422. The molecule has 0 bridgehead atoms. The van der Waals surface area contributed by atoms with Crippen LogP contribution in [0.3, 0.4) is 0 Å². The molecule has 3 heterocycles. The molecule has 1 saturated heterocycles. The molecule has 1 unspecified atom stereocenters. The lowest BCUT2D eigenvalue weighted by molar-refractivity contribution is 0.0859. The van der Waals surface area contributed by atoms with Crippen LogP contribution in [-0.2, 0) is 4.74 Å². The van der Waals surface area contributed by atoms with Gasteiger partial charge in [-0.05, 0) is 55.5 Å². The molecular formula is C28H30N4O2. The number of nitrogens with one attached hydrogen (secondary N) is 1. The molecule has 1 amide bonds. The molecule has 2 aromatic carbocycles. The summed E-state index contributed by atoms with van der Waals surface area (Å²) in [6.45, 7) is 7.70. The third-order valence-corrected chi connectivity index (χ3v) is 6.57. The number of rotatable bonds is 6. The summed E-state index contributed by atoms with van der Waals surface area (Å²) >= 11 is 0. The van der Waals surface area contributed by atoms with E-state index < -0.39 is 0 Å². The third-order valence-electron chi connectivity index (χ3n) is 6.57. The third kappa shape index (κ3) is 4.33. The fourth-order valence-corrected chi connectivity index (χ4v) is 4.53. The van der Waals surface area contributed by atoms with Gasteiger partial charge in [0.2, 0.25) is 0 Å². The van der Waals surface area contributed by atoms with Gasteiger partial charge in [0.05, 0.1) is 40.5 Å². The second-order valence-electron chi connectivity index (χ2n) is 9.22. The minimum absolute atomic E-state index is 0.0964. The largest absolute Gasteiger partial charge is 0.376 e. The van der Waals surface area contributed by atoms with E-state index in [2.05, 4.69) is 48.5 Å². The number of carbonyl (C=O) groups is 1. The van der Waals surface area contributed by atoms with Crippen LogP contribution >= 0.6 is 0 Å². The van der Waals surface area contributed by atoms with Gasteiger partial charge in [0.25, 0.3) is 5.91 Å². The number of ether oxygens (including phenoxy) is 1. The van der Waals surface area contributed by atoms with Crippen LogP contribution in [-0.4, -0.2) is 39.9 Å². The predicted octanol–water partition coefficient (Wildman–Crippen LogP) is 5.43. The SMILES string of the molecule is Cc1c(-c2cc(C(=O)NCC3CCCO3)c3ccccc3n2)cnn1-c1ccc(C(C)C)cc1. The van der Waals surface area contributed by atoms with Crippen molar-refractivity contribution in [2.24, 2.45) is 0 Å². The number of para-hydroxylation sites is 1. The predicted molar refractivity (Wildman–Crippen MR) is 134 cm³/mol. The average Bonchev–Trinajstić information content (AvgIpc) is 3.51. The molecule has 5 rings (SSSR count). The first-order chi connectivity index (χ1) is 16.5. The van der Waals surface area contributed by atoms with E-state index in [0.717, 1.165) is 53.0 Å². The van der Waals surface area contributed by atoms with E-state index in [9.17, 15) is 4.79 Å². The molecule has 0 saturated carbocycles. The normalized spacial score (nSPS) is 15.8. The van der Waals surface area contributed by atoms with Gasteiger partial charge in [-0.3, -0.25) is 4.79 Å². The van der Waals surface area contributed by atoms with E-state index in [1.807, 2.05) is 48.1 Å². The zero-order valence-electron chi connectivity index (χ0n) is 19.9. The van der Waals surface area contributed by atoms with Crippen molar-refractivity contribution in [1.29, 1.82) is 0 Å². The summed E-state index contributed by atoms with van der Waals surface area (Å²) in [5.74, 6) is 0.375. The Morgan fingerprint density at radius 2 is 1.97 bits per heavy atom. The van der Waals surface area contributed by atoms with Crippen LogP contribution in [0.1, 0.15) is 54.2 Å². The summed E-state index contributed by atoms with van der Waals surface area (Å²) in [4.78, 5) is 18.1. The first kappa shape index (κ1) is 22.3. The van der Waals surface area contributed by atoms with Gasteiger partial charge in [0.1, 0.15) is 0 Å². The van der Waals surface area contributed by atoms with Crippen molar-refractivity contribution in [3.05, 3.63) is 77.6 Å². The zero-order valence-corrected chi connectivity index (χ0v) is 19.9. The summed E-state index contributed by atoms with van der Waals surface area (Å²) in [5, 5.41) is 8.54. The van der Waals surface area contributed by atoms with Gasteiger partial charge in [-0.25, -0.2) is 9.67 Å². The smallest absolute Gasteiger partial charge is 0.252 e. The van der Waals surface area contributed by atoms with E-state index in [0.29, 0.717) is 18.0 Å². The Bertz CT molecular complexity index is 1320. The highest BCUT2D eigenvalue weighted by Gasteiger charge is 2.20. The molecule has 0 radical (unpaired) electrons. The highest BCUT2D eigenvalue weighted by molar-refractivity contribution is 6.07. The molecule has 1 fully saturated rings. The van der Waals surface area contributed by atoms with Crippen LogP contribution in [0.15, 0.2) is 60.8 Å². The zero-order chi connectivity index (χ0) is 23.7. The molecule has 1 aliphatic heterocycles. The molecule has 2 aromatic heterocycles. The maximum Gasteiger partial charge on any atom is 0.252 e. The fraction of sp³-hybridized carbons (Fsp3) is 0.321. The van der Waals surface area contributed by atoms with Crippen molar-refractivity contribution in [3.63, 3.8) is 0 Å². The Hall–Kier alpha value is -3.51. The molecule has 0 aliphatic carbocycles. The Balaban J connectivity index is 1.50. The molecule has 34 heavy (non-hydrogen) atoms. The van der Waals surface area contributed by atoms with E-state index in [1.165, 1.54) is 5.56 Å². The van der Waals surface area contributed by atoms with E-state index in [1.54, 1.807) is 0 Å². The van der Waals surface area contributed by atoms with Crippen LogP contribution in [0.4, 0.5) is 0 Å². The number of pyridine rings is 1. The lowest BCUT2D eigenvalue weighted by Gasteiger charge is -2.13. The molecular weight excluding hydrogens is 424 g/mol. The molecule has 1 N–H and O–H groups in total. The van der Waals surface area contributed by atoms with Crippen LogP contribution in [0, 0.1) is 6.92 Å². The van der Waals surface area contributed by atoms with E-state index in [4.69, 9.17) is 9.72 Å². The minimum Gasteiger partial charge on any atom is -0.376 e. The van der Waals surface area contributed by atoms with Crippen LogP contribution in [0.2, 0.25) is 0 Å². The lowest BCUT2D eigenvalue weighted by atomic mass is 10.0. The average molecular weight is 455 g/mol. The Morgan fingerprint density at radius 3 is 2.71 bits per heavy atom. The first-order valence-electron chi connectivity index (χ1n) is 12.0. The van der Waals surface area contributed by atoms with Crippen molar-refractivity contribution < 1.29 is 9.53 Å². The second-order valence-corrected chi connectivity index (χ2v) is 9.22. The molecule has 6 nitrogen and oxygen atoms in total. The lowest BCUT2D eigenvalue weighted by Crippen LogP contribution is -2.32. The number of carbonyl (C=O) groups excluding carboxylic acids is 1. The van der Waals surface area contributed by atoms with Gasteiger partial charge >= 0.3 is 0 Å². The molecule has 1 aliphatic rings. The summed E-state index contributed by atoms with van der Waals surface area (Å²) in [5.41, 5.74) is 6.33. The van der Waals surface area contributed by atoms with Gasteiger partial charge in [0.15, 0.2) is 0 Å². The number of amides is 1. The Kier molecular flexibility index (Phi) is 6.16. The molecule has 4 aromatic rings. The maximum atomic E-state index is 13.2. The number of fused-ring (bicyclic) bond motifs is 1. The van der Waals surface area contributed by atoms with Gasteiger partial charge in [0, 0.05) is 24.1 Å². The van der Waals surface area contributed by atoms with Gasteiger partial charge in [-0.1, -0.05) is 44.2 Å². The fourth-order valence-electron chi connectivity index (χ4n) is 4.53. The second kappa shape index (κ2) is 9.39. The van der Waals surface area contributed by atoms with Crippen molar-refractivity contribution in [1.82, 2.24) is 20.1 Å². The van der Waals surface area contributed by atoms with E-state index in [-0.39, 0.29) is 12.0 Å². The van der Waals surface area contributed by atoms with Crippen molar-refractivity contribution >= 4 is 16.8 Å². The Morgan fingerprint density at radius 1 is 1.18 bits per heavy atom. The summed E-state index contributed by atoms with van der Waals surface area (Å²) in [6.07, 6.45) is 3.96. The maximum absolute atomic E-state index is 13.2. The number of hydrogen-bond acceptors (Lipinski definition) is 4. The number of aromatic nitrogens is 3. The summed E-state index contributed by atoms with van der Waals surface area (Å²) < 4.78 is 7.59. The number of hydrogen-bond donors (Lipinski definition) is 1. The molecule has 0 spiro atoms. The van der Waals surface area contributed by atoms with E-state index >= 15 is 0 Å². The summed E-state index contributed by atoms with van der Waals surface area (Å²) in [6, 6.07) is 18.1. The highest BCUT2D eigenvalue weighted by atomic mass is 16.5. The van der Waals surface area contributed by atoms with Crippen LogP contribution < -0.4 is 5.32 Å².